The van der Waals surface area contributed by atoms with Crippen LogP contribution >= 0.6 is 0 Å². The number of aliphatic carboxylic acids is 1. The number of carbonyl (C=O) groups excluding carboxylic acids is 1. The fourth-order valence-electron chi connectivity index (χ4n) is 3.54. The van der Waals surface area contributed by atoms with Crippen molar-refractivity contribution in [3.05, 3.63) is 52.9 Å². The summed E-state index contributed by atoms with van der Waals surface area (Å²) in [4.78, 5) is 37.7. The molecule has 1 aromatic heterocycles. The average Bonchev–Trinajstić information content (AvgIpc) is 3.33. The molecule has 12 heteroatoms. The minimum Gasteiger partial charge on any atom is -0.494 e. The second kappa shape index (κ2) is 10.1. The van der Waals surface area contributed by atoms with Crippen molar-refractivity contribution in [2.75, 3.05) is 20.3 Å². The van der Waals surface area contributed by atoms with Crippen molar-refractivity contribution in [2.45, 2.75) is 38.2 Å². The number of oxime groups is 1. The molecule has 2 aliphatic rings. The van der Waals surface area contributed by atoms with Crippen LogP contribution in [-0.2, 0) is 25.7 Å². The lowest BCUT2D eigenvalue weighted by molar-refractivity contribution is -0.190. The minimum atomic E-state index is -1.08. The molecule has 0 bridgehead atoms. The van der Waals surface area contributed by atoms with Crippen molar-refractivity contribution in [1.82, 2.24) is 15.3 Å². The Labute approximate surface area is 193 Å². The van der Waals surface area contributed by atoms with E-state index in [1.807, 2.05) is 0 Å². The molecule has 2 N–H and O–H groups in total. The van der Waals surface area contributed by atoms with Gasteiger partial charge in [-0.05, 0) is 30.7 Å². The zero-order chi connectivity index (χ0) is 24.2. The van der Waals surface area contributed by atoms with Gasteiger partial charge in [0.2, 0.25) is 0 Å². The van der Waals surface area contributed by atoms with E-state index in [9.17, 15) is 14.0 Å². The van der Waals surface area contributed by atoms with Gasteiger partial charge in [-0.15, -0.1) is 0 Å². The molecule has 0 aliphatic carbocycles. The summed E-state index contributed by atoms with van der Waals surface area (Å²) in [6.07, 6.45) is -1.60. The first-order chi connectivity index (χ1) is 16.3. The number of hydrogen-bond acceptors (Lipinski definition) is 9. The number of nitrogens with one attached hydrogen (secondary N) is 1. The van der Waals surface area contributed by atoms with Crippen LogP contribution in [0.3, 0.4) is 0 Å². The molecule has 11 nitrogen and oxygen atoms in total. The summed E-state index contributed by atoms with van der Waals surface area (Å²) < 4.78 is 29.4. The molecule has 1 aromatic carbocycles. The maximum absolute atomic E-state index is 13.6. The van der Waals surface area contributed by atoms with Gasteiger partial charge >= 0.3 is 5.97 Å². The predicted octanol–water partition coefficient (Wildman–Crippen LogP) is 1.22. The number of ether oxygens (including phenoxy) is 3. The topological polar surface area (TPSA) is 141 Å². The number of carboxylic acids is 1. The van der Waals surface area contributed by atoms with Crippen molar-refractivity contribution >= 4 is 17.6 Å². The van der Waals surface area contributed by atoms with Gasteiger partial charge in [-0.1, -0.05) is 11.2 Å². The van der Waals surface area contributed by atoms with E-state index < -0.39 is 36.0 Å². The number of carboxylic acid groups (broad SMARTS) is 1. The molecule has 2 aliphatic heterocycles. The van der Waals surface area contributed by atoms with Gasteiger partial charge in [0.25, 0.3) is 5.91 Å². The lowest BCUT2D eigenvalue weighted by atomic mass is 10.0. The van der Waals surface area contributed by atoms with E-state index in [-0.39, 0.29) is 31.2 Å². The second-order valence-electron chi connectivity index (χ2n) is 7.76. The Kier molecular flexibility index (Phi) is 6.98. The number of rotatable bonds is 7. The molecule has 0 spiro atoms. The predicted molar refractivity (Wildman–Crippen MR) is 114 cm³/mol. The normalized spacial score (nSPS) is 22.0. The molecule has 180 valence electrons. The van der Waals surface area contributed by atoms with Gasteiger partial charge in [0.15, 0.2) is 23.8 Å². The summed E-state index contributed by atoms with van der Waals surface area (Å²) in [6.45, 7) is 1.79. The number of benzene rings is 1. The van der Waals surface area contributed by atoms with E-state index in [4.69, 9.17) is 24.2 Å². The van der Waals surface area contributed by atoms with Crippen LogP contribution in [0.4, 0.5) is 4.39 Å². The molecule has 34 heavy (non-hydrogen) atoms. The summed E-state index contributed by atoms with van der Waals surface area (Å²) >= 11 is 0. The highest BCUT2D eigenvalue weighted by Crippen LogP contribution is 2.23. The van der Waals surface area contributed by atoms with Gasteiger partial charge in [-0.3, -0.25) is 4.79 Å². The fourth-order valence-corrected chi connectivity index (χ4v) is 3.54. The van der Waals surface area contributed by atoms with Gasteiger partial charge in [-0.2, -0.15) is 0 Å². The zero-order valence-electron chi connectivity index (χ0n) is 18.5. The Morgan fingerprint density at radius 2 is 2.03 bits per heavy atom. The van der Waals surface area contributed by atoms with Gasteiger partial charge in [0.1, 0.15) is 23.3 Å². The molecule has 2 aromatic rings. The van der Waals surface area contributed by atoms with Crippen LogP contribution < -0.4 is 10.1 Å². The Morgan fingerprint density at radius 1 is 1.21 bits per heavy atom. The van der Waals surface area contributed by atoms with Crippen LogP contribution in [0.2, 0.25) is 0 Å². The molecule has 0 saturated carbocycles. The summed E-state index contributed by atoms with van der Waals surface area (Å²) in [6, 6.07) is 5.84. The van der Waals surface area contributed by atoms with E-state index in [1.165, 1.54) is 25.3 Å². The molecule has 1 saturated heterocycles. The smallest absolute Gasteiger partial charge is 0.335 e. The van der Waals surface area contributed by atoms with Crippen LogP contribution in [0, 0.1) is 12.7 Å². The Morgan fingerprint density at radius 3 is 2.74 bits per heavy atom. The molecular formula is C22H23FN4O7. The quantitative estimate of drug-likeness (QED) is 0.606. The van der Waals surface area contributed by atoms with Crippen molar-refractivity contribution in [3.63, 3.8) is 0 Å². The molecule has 4 rings (SSSR count). The summed E-state index contributed by atoms with van der Waals surface area (Å²) in [5, 5.41) is 15.8. The first-order valence-electron chi connectivity index (χ1n) is 10.5. The van der Waals surface area contributed by atoms with Crippen LogP contribution in [0.25, 0.3) is 0 Å². The number of nitrogens with zero attached hydrogens (tertiary/aromatic N) is 3. The third-order valence-electron chi connectivity index (χ3n) is 5.34. The molecule has 1 amide bonds. The van der Waals surface area contributed by atoms with Crippen molar-refractivity contribution in [2.24, 2.45) is 5.16 Å². The highest BCUT2D eigenvalue weighted by molar-refractivity contribution is 6.02. The summed E-state index contributed by atoms with van der Waals surface area (Å²) in [7, 11) is 1.37. The van der Waals surface area contributed by atoms with E-state index in [0.29, 0.717) is 29.2 Å². The van der Waals surface area contributed by atoms with Crippen LogP contribution in [0.1, 0.15) is 34.0 Å². The van der Waals surface area contributed by atoms with Crippen molar-refractivity contribution in [3.8, 4) is 5.75 Å². The number of amides is 1. The highest BCUT2D eigenvalue weighted by Gasteiger charge is 2.37. The molecule has 0 unspecified atom stereocenters. The first-order valence-corrected chi connectivity index (χ1v) is 10.5. The molecule has 0 radical (unpaired) electrons. The van der Waals surface area contributed by atoms with Crippen LogP contribution in [0.5, 0.6) is 5.75 Å². The van der Waals surface area contributed by atoms with E-state index >= 15 is 0 Å². The lowest BCUT2D eigenvalue weighted by Gasteiger charge is -2.29. The van der Waals surface area contributed by atoms with Crippen LogP contribution in [0.15, 0.2) is 29.4 Å². The summed E-state index contributed by atoms with van der Waals surface area (Å²) in [5.74, 6) is -1.54. The summed E-state index contributed by atoms with van der Waals surface area (Å²) in [5.41, 5.74) is 1.75. The maximum Gasteiger partial charge on any atom is 0.335 e. The second-order valence-corrected chi connectivity index (χ2v) is 7.76. The zero-order valence-corrected chi connectivity index (χ0v) is 18.5. The Balaban J connectivity index is 1.38. The number of aryl methyl sites for hydroxylation is 1. The number of aromatic nitrogens is 2. The maximum atomic E-state index is 13.6. The van der Waals surface area contributed by atoms with Gasteiger partial charge in [0.05, 0.1) is 26.0 Å². The number of halogens is 1. The van der Waals surface area contributed by atoms with Gasteiger partial charge in [0, 0.05) is 13.0 Å². The number of hydrogen-bond donors (Lipinski definition) is 2. The highest BCUT2D eigenvalue weighted by atomic mass is 19.1. The minimum absolute atomic E-state index is 0.0645. The fraction of sp³-hybridized carbons (Fsp3) is 0.409. The Hall–Kier alpha value is -3.64. The van der Waals surface area contributed by atoms with E-state index in [2.05, 4.69) is 20.4 Å². The largest absolute Gasteiger partial charge is 0.494 e. The van der Waals surface area contributed by atoms with Gasteiger partial charge in [-0.25, -0.2) is 19.2 Å². The van der Waals surface area contributed by atoms with Crippen LogP contribution in [-0.4, -0.2) is 71.3 Å². The number of methoxy groups -OCH3 is 1. The molecule has 3 atom stereocenters. The van der Waals surface area contributed by atoms with Crippen molar-refractivity contribution in [1.29, 1.82) is 0 Å². The SMILES string of the molecule is COc1cc(CNC(=O)c2cc(C3=NO[C@H]([C@H]4CO[C@H](C(=O)O)CO4)C3)nc(C)n2)ccc1F. The molecule has 3 heterocycles. The average molecular weight is 474 g/mol. The Bertz CT molecular complexity index is 1120. The standard InChI is InChI=1S/C22H23FN4O7/c1-11-25-14(15-7-18(34-27-15)19-9-33-20(10-32-19)22(29)30)6-16(26-11)21(28)24-8-12-3-4-13(23)17(5-12)31-2/h3-6,18-20H,7-10H2,1-2H3,(H,24,28)(H,29,30)/t18-,19+,20-/m0/s1. The lowest BCUT2D eigenvalue weighted by Crippen LogP contribution is -2.45. The third kappa shape index (κ3) is 5.29. The molecule has 1 fully saturated rings. The van der Waals surface area contributed by atoms with Crippen molar-refractivity contribution < 1.29 is 38.1 Å². The number of carbonyl (C=O) groups is 2. The third-order valence-corrected chi connectivity index (χ3v) is 5.34. The van der Waals surface area contributed by atoms with E-state index in [1.54, 1.807) is 13.0 Å². The van der Waals surface area contributed by atoms with E-state index in [0.717, 1.165) is 0 Å². The van der Waals surface area contributed by atoms with Gasteiger partial charge < -0.3 is 29.5 Å². The molecular weight excluding hydrogens is 451 g/mol. The first kappa shape index (κ1) is 23.5. The monoisotopic (exact) mass is 474 g/mol.